The molecule has 3 rings (SSSR count). The van der Waals surface area contributed by atoms with Crippen molar-refractivity contribution in [3.8, 4) is 0 Å². The Morgan fingerprint density at radius 2 is 1.74 bits per heavy atom. The van der Waals surface area contributed by atoms with Crippen molar-refractivity contribution in [1.82, 2.24) is 10.2 Å². The second kappa shape index (κ2) is 5.68. The molecule has 4 nitrogen and oxygen atoms in total. The molecular formula is C15H30N4. The Balaban J connectivity index is 1.48. The fourth-order valence-electron chi connectivity index (χ4n) is 4.74. The highest BCUT2D eigenvalue weighted by Gasteiger charge is 2.40. The summed E-state index contributed by atoms with van der Waals surface area (Å²) in [4.78, 5) is 2.70. The van der Waals surface area contributed by atoms with Crippen LogP contribution in [0.4, 0.5) is 0 Å². The minimum absolute atomic E-state index is 0.359. The number of hydrogen-bond donors (Lipinski definition) is 3. The number of likely N-dealkylation sites (N-methyl/N-ethyl adjacent to an activating group) is 1. The van der Waals surface area contributed by atoms with Gasteiger partial charge in [-0.25, -0.2) is 0 Å². The van der Waals surface area contributed by atoms with Crippen molar-refractivity contribution < 1.29 is 0 Å². The minimum atomic E-state index is 0.359. The van der Waals surface area contributed by atoms with Crippen LogP contribution in [0.1, 0.15) is 32.1 Å². The smallest absolute Gasteiger partial charge is 0.0219 e. The van der Waals surface area contributed by atoms with Crippen LogP contribution in [0.3, 0.4) is 0 Å². The summed E-state index contributed by atoms with van der Waals surface area (Å²) in [5, 5.41) is 3.39. The highest BCUT2D eigenvalue weighted by Crippen LogP contribution is 2.38. The first-order valence-electron chi connectivity index (χ1n) is 8.06. The minimum Gasteiger partial charge on any atom is -0.328 e. The molecule has 110 valence electrons. The normalized spacial score (nSPS) is 47.5. The van der Waals surface area contributed by atoms with Crippen molar-refractivity contribution in [3.63, 3.8) is 0 Å². The van der Waals surface area contributed by atoms with Gasteiger partial charge in [0.15, 0.2) is 0 Å². The van der Waals surface area contributed by atoms with Gasteiger partial charge in [0, 0.05) is 37.8 Å². The molecule has 2 saturated carbocycles. The zero-order valence-corrected chi connectivity index (χ0v) is 12.2. The largest absolute Gasteiger partial charge is 0.328 e. The molecule has 19 heavy (non-hydrogen) atoms. The van der Waals surface area contributed by atoms with Crippen LogP contribution in [0, 0.1) is 17.8 Å². The van der Waals surface area contributed by atoms with E-state index >= 15 is 0 Å². The number of fused-ring (bicyclic) bond motifs is 1. The van der Waals surface area contributed by atoms with Crippen LogP contribution < -0.4 is 16.8 Å². The summed E-state index contributed by atoms with van der Waals surface area (Å²) in [6, 6.07) is 1.37. The van der Waals surface area contributed by atoms with Crippen molar-refractivity contribution in [2.24, 2.45) is 29.2 Å². The fourth-order valence-corrected chi connectivity index (χ4v) is 4.74. The van der Waals surface area contributed by atoms with Gasteiger partial charge in [0.2, 0.25) is 0 Å². The summed E-state index contributed by atoms with van der Waals surface area (Å²) in [6.45, 7) is 3.88. The van der Waals surface area contributed by atoms with Gasteiger partial charge < -0.3 is 21.7 Å². The van der Waals surface area contributed by atoms with E-state index in [-0.39, 0.29) is 0 Å². The monoisotopic (exact) mass is 266 g/mol. The van der Waals surface area contributed by atoms with Gasteiger partial charge in [0.1, 0.15) is 0 Å². The van der Waals surface area contributed by atoms with E-state index in [1.807, 2.05) is 0 Å². The Kier molecular flexibility index (Phi) is 4.13. The molecule has 4 heteroatoms. The zero-order valence-electron chi connectivity index (χ0n) is 12.2. The van der Waals surface area contributed by atoms with Gasteiger partial charge in [0.05, 0.1) is 0 Å². The molecule has 6 atom stereocenters. The lowest BCUT2D eigenvalue weighted by Gasteiger charge is -2.36. The van der Waals surface area contributed by atoms with Crippen LogP contribution in [0.25, 0.3) is 0 Å². The van der Waals surface area contributed by atoms with E-state index in [2.05, 4.69) is 17.3 Å². The Labute approximate surface area is 117 Å². The van der Waals surface area contributed by atoms with Crippen molar-refractivity contribution in [1.29, 1.82) is 0 Å². The van der Waals surface area contributed by atoms with Crippen LogP contribution in [0.5, 0.6) is 0 Å². The molecule has 1 saturated heterocycles. The van der Waals surface area contributed by atoms with Crippen molar-refractivity contribution in [2.45, 2.75) is 50.2 Å². The molecule has 1 aliphatic heterocycles. The highest BCUT2D eigenvalue weighted by molar-refractivity contribution is 4.95. The molecule has 2 aliphatic carbocycles. The van der Waals surface area contributed by atoms with Gasteiger partial charge in [-0.05, 0) is 56.9 Å². The number of rotatable bonds is 3. The van der Waals surface area contributed by atoms with Crippen molar-refractivity contribution >= 4 is 0 Å². The number of nitrogens with one attached hydrogen (secondary N) is 1. The number of hydrogen-bond acceptors (Lipinski definition) is 4. The summed E-state index contributed by atoms with van der Waals surface area (Å²) in [5.74, 6) is 2.62. The number of likely N-dealkylation sites (tertiary alicyclic amines) is 1. The van der Waals surface area contributed by atoms with Crippen molar-refractivity contribution in [3.05, 3.63) is 0 Å². The first-order chi connectivity index (χ1) is 9.15. The van der Waals surface area contributed by atoms with E-state index in [9.17, 15) is 0 Å². The molecule has 0 radical (unpaired) electrons. The van der Waals surface area contributed by atoms with Gasteiger partial charge >= 0.3 is 0 Å². The van der Waals surface area contributed by atoms with E-state index in [0.717, 1.165) is 17.8 Å². The van der Waals surface area contributed by atoms with Gasteiger partial charge in [-0.15, -0.1) is 0 Å². The molecule has 0 aromatic heterocycles. The molecular weight excluding hydrogens is 236 g/mol. The molecule has 1 unspecified atom stereocenters. The van der Waals surface area contributed by atoms with Gasteiger partial charge in [-0.2, -0.15) is 0 Å². The first-order valence-corrected chi connectivity index (χ1v) is 8.06. The van der Waals surface area contributed by atoms with Gasteiger partial charge in [-0.3, -0.25) is 0 Å². The summed E-state index contributed by atoms with van der Waals surface area (Å²) in [7, 11) is 2.05. The van der Waals surface area contributed by atoms with Crippen LogP contribution in [-0.4, -0.2) is 49.7 Å². The lowest BCUT2D eigenvalue weighted by atomic mass is 9.82. The van der Waals surface area contributed by atoms with Crippen LogP contribution in [-0.2, 0) is 0 Å². The SMILES string of the molecule is CN[C@@H]1CC(CN2C[C@H]3C[C@@H](N)C[C@H]3C2)CC[C@H]1N. The van der Waals surface area contributed by atoms with E-state index in [0.29, 0.717) is 18.1 Å². The third-order valence-electron chi connectivity index (χ3n) is 5.76. The third kappa shape index (κ3) is 2.97. The maximum atomic E-state index is 6.16. The third-order valence-corrected chi connectivity index (χ3v) is 5.76. The molecule has 0 bridgehead atoms. The van der Waals surface area contributed by atoms with E-state index in [1.165, 1.54) is 51.7 Å². The summed E-state index contributed by atoms with van der Waals surface area (Å²) in [5.41, 5.74) is 12.2. The Hall–Kier alpha value is -0.160. The maximum Gasteiger partial charge on any atom is 0.0219 e. The average Bonchev–Trinajstić information content (AvgIpc) is 2.88. The molecule has 0 aromatic carbocycles. The molecule has 0 amide bonds. The predicted octanol–water partition coefficient (Wildman–Crippen LogP) is 0.371. The molecule has 3 aliphatic rings. The molecule has 0 aromatic rings. The maximum absolute atomic E-state index is 6.16. The summed E-state index contributed by atoms with van der Waals surface area (Å²) < 4.78 is 0. The van der Waals surface area contributed by atoms with Crippen LogP contribution in [0.2, 0.25) is 0 Å². The van der Waals surface area contributed by atoms with Crippen molar-refractivity contribution in [2.75, 3.05) is 26.7 Å². The second-order valence-corrected chi connectivity index (χ2v) is 7.21. The molecule has 3 fully saturated rings. The Morgan fingerprint density at radius 1 is 1.05 bits per heavy atom. The van der Waals surface area contributed by atoms with Crippen LogP contribution >= 0.6 is 0 Å². The predicted molar refractivity (Wildman–Crippen MR) is 78.8 cm³/mol. The number of nitrogens with zero attached hydrogens (tertiary/aromatic N) is 1. The summed E-state index contributed by atoms with van der Waals surface area (Å²) >= 11 is 0. The standard InChI is InChI=1S/C15H30N4/c1-18-15-4-10(2-3-14(15)17)7-19-8-11-5-13(16)6-12(11)9-19/h10-15,18H,2-9,16-17H2,1H3/t10?,11-,12+,13-,14-,15-/m1/s1. The van der Waals surface area contributed by atoms with E-state index in [1.54, 1.807) is 0 Å². The average molecular weight is 266 g/mol. The lowest BCUT2D eigenvalue weighted by Crippen LogP contribution is -2.49. The van der Waals surface area contributed by atoms with E-state index in [4.69, 9.17) is 11.5 Å². The topological polar surface area (TPSA) is 67.3 Å². The highest BCUT2D eigenvalue weighted by atomic mass is 15.2. The van der Waals surface area contributed by atoms with E-state index < -0.39 is 0 Å². The number of nitrogens with two attached hydrogens (primary N) is 2. The van der Waals surface area contributed by atoms with Gasteiger partial charge in [-0.1, -0.05) is 0 Å². The Morgan fingerprint density at radius 3 is 2.37 bits per heavy atom. The second-order valence-electron chi connectivity index (χ2n) is 7.21. The van der Waals surface area contributed by atoms with Gasteiger partial charge in [0.25, 0.3) is 0 Å². The van der Waals surface area contributed by atoms with Crippen LogP contribution in [0.15, 0.2) is 0 Å². The fraction of sp³-hybridized carbons (Fsp3) is 1.00. The quantitative estimate of drug-likeness (QED) is 0.690. The molecule has 0 spiro atoms. The lowest BCUT2D eigenvalue weighted by molar-refractivity contribution is 0.189. The summed E-state index contributed by atoms with van der Waals surface area (Å²) in [6.07, 6.45) is 6.27. The molecule has 1 heterocycles. The first kappa shape index (κ1) is 13.8. The zero-order chi connectivity index (χ0) is 13.4. The Bertz CT molecular complexity index is 295. The molecule has 5 N–H and O–H groups in total.